The average molecular weight is 332 g/mol. The second kappa shape index (κ2) is 7.91. The van der Waals surface area contributed by atoms with E-state index in [2.05, 4.69) is 0 Å². The van der Waals surface area contributed by atoms with E-state index in [9.17, 15) is 19.2 Å². The number of carbonyl (C=O) groups excluding carboxylic acids is 4. The molecule has 1 rings (SSSR count). The standard InChI is InChI=1S/C14H20O9/c1-8(15)19-7-14(23-11(4)18)5-12(21-9(2)16)13(6-20-14)22-10(3)17/h12-13H,5-7H2,1-4H3. The molecule has 0 aliphatic carbocycles. The predicted octanol–water partition coefficient (Wildman–Crippen LogP) is 0.0926. The van der Waals surface area contributed by atoms with Crippen molar-refractivity contribution in [2.45, 2.75) is 52.1 Å². The van der Waals surface area contributed by atoms with Gasteiger partial charge in [0.2, 0.25) is 0 Å². The van der Waals surface area contributed by atoms with Gasteiger partial charge < -0.3 is 23.7 Å². The molecule has 1 aliphatic rings. The van der Waals surface area contributed by atoms with E-state index in [0.717, 1.165) is 6.92 Å². The van der Waals surface area contributed by atoms with Crippen LogP contribution in [0.15, 0.2) is 0 Å². The third-order valence-corrected chi connectivity index (χ3v) is 2.90. The lowest BCUT2D eigenvalue weighted by atomic mass is 10.0. The molecule has 23 heavy (non-hydrogen) atoms. The largest absolute Gasteiger partial charge is 0.459 e. The molecule has 0 aromatic carbocycles. The van der Waals surface area contributed by atoms with E-state index in [1.165, 1.54) is 20.8 Å². The summed E-state index contributed by atoms with van der Waals surface area (Å²) in [5, 5.41) is 0. The SMILES string of the molecule is CC(=O)OCC1(OC(C)=O)CC(OC(C)=O)C(OC(C)=O)CO1. The Kier molecular flexibility index (Phi) is 6.49. The highest BCUT2D eigenvalue weighted by Gasteiger charge is 2.48. The molecule has 9 heteroatoms. The molecular formula is C14H20O9. The highest BCUT2D eigenvalue weighted by molar-refractivity contribution is 5.68. The fourth-order valence-corrected chi connectivity index (χ4v) is 2.17. The Balaban J connectivity index is 2.94. The molecule has 1 aliphatic heterocycles. The van der Waals surface area contributed by atoms with Crippen molar-refractivity contribution < 1.29 is 42.9 Å². The van der Waals surface area contributed by atoms with Crippen molar-refractivity contribution >= 4 is 23.9 Å². The first kappa shape index (κ1) is 18.9. The fourth-order valence-electron chi connectivity index (χ4n) is 2.17. The summed E-state index contributed by atoms with van der Waals surface area (Å²) in [5.41, 5.74) is 0. The van der Waals surface area contributed by atoms with E-state index in [-0.39, 0.29) is 19.6 Å². The van der Waals surface area contributed by atoms with Crippen molar-refractivity contribution in [1.82, 2.24) is 0 Å². The summed E-state index contributed by atoms with van der Waals surface area (Å²) in [6.07, 6.45) is -1.89. The number of carbonyl (C=O) groups is 4. The van der Waals surface area contributed by atoms with E-state index in [4.69, 9.17) is 23.7 Å². The molecule has 0 N–H and O–H groups in total. The van der Waals surface area contributed by atoms with E-state index in [1.807, 2.05) is 0 Å². The molecule has 0 aromatic rings. The van der Waals surface area contributed by atoms with Crippen LogP contribution in [0.4, 0.5) is 0 Å². The van der Waals surface area contributed by atoms with Crippen LogP contribution in [-0.4, -0.2) is 55.1 Å². The minimum atomic E-state index is -1.60. The fraction of sp³-hybridized carbons (Fsp3) is 0.714. The van der Waals surface area contributed by atoms with E-state index in [0.29, 0.717) is 0 Å². The van der Waals surface area contributed by atoms with Gasteiger partial charge in [-0.3, -0.25) is 19.2 Å². The second-order valence-electron chi connectivity index (χ2n) is 5.10. The molecule has 0 saturated carbocycles. The van der Waals surface area contributed by atoms with Crippen molar-refractivity contribution in [3.63, 3.8) is 0 Å². The highest BCUT2D eigenvalue weighted by atomic mass is 16.7. The Hall–Kier alpha value is -2.16. The third-order valence-electron chi connectivity index (χ3n) is 2.90. The summed E-state index contributed by atoms with van der Waals surface area (Å²) in [5.74, 6) is -4.03. The van der Waals surface area contributed by atoms with Gasteiger partial charge in [-0.15, -0.1) is 0 Å². The van der Waals surface area contributed by atoms with Gasteiger partial charge in [-0.1, -0.05) is 0 Å². The maximum atomic E-state index is 11.3. The van der Waals surface area contributed by atoms with Crippen LogP contribution in [0.1, 0.15) is 34.1 Å². The van der Waals surface area contributed by atoms with Crippen molar-refractivity contribution in [2.24, 2.45) is 0 Å². The summed E-state index contributed by atoms with van der Waals surface area (Å²) < 4.78 is 25.6. The lowest BCUT2D eigenvalue weighted by molar-refractivity contribution is -0.295. The van der Waals surface area contributed by atoms with Crippen LogP contribution in [0.2, 0.25) is 0 Å². The van der Waals surface area contributed by atoms with Gasteiger partial charge in [-0.25, -0.2) is 0 Å². The van der Waals surface area contributed by atoms with Crippen LogP contribution in [0, 0.1) is 0 Å². The molecule has 3 unspecified atom stereocenters. The molecule has 3 atom stereocenters. The predicted molar refractivity (Wildman–Crippen MR) is 72.8 cm³/mol. The Morgan fingerprint density at radius 2 is 1.48 bits per heavy atom. The van der Waals surface area contributed by atoms with Crippen molar-refractivity contribution in [1.29, 1.82) is 0 Å². The van der Waals surface area contributed by atoms with Gasteiger partial charge >= 0.3 is 23.9 Å². The van der Waals surface area contributed by atoms with E-state index < -0.39 is 41.9 Å². The normalized spacial score (nSPS) is 26.8. The smallest absolute Gasteiger partial charge is 0.305 e. The zero-order valence-electron chi connectivity index (χ0n) is 13.5. The van der Waals surface area contributed by atoms with Crippen LogP contribution in [0.5, 0.6) is 0 Å². The first-order valence-electron chi connectivity index (χ1n) is 6.95. The number of esters is 4. The first-order chi connectivity index (χ1) is 10.6. The maximum absolute atomic E-state index is 11.3. The average Bonchev–Trinajstić information content (AvgIpc) is 2.38. The molecule has 0 aromatic heterocycles. The molecule has 0 amide bonds. The second-order valence-corrected chi connectivity index (χ2v) is 5.10. The Morgan fingerprint density at radius 1 is 0.913 bits per heavy atom. The van der Waals surface area contributed by atoms with E-state index in [1.54, 1.807) is 0 Å². The quantitative estimate of drug-likeness (QED) is 0.510. The molecular weight excluding hydrogens is 312 g/mol. The third kappa shape index (κ3) is 6.23. The van der Waals surface area contributed by atoms with E-state index >= 15 is 0 Å². The Bertz CT molecular complexity index is 487. The molecule has 0 radical (unpaired) electrons. The van der Waals surface area contributed by atoms with Gasteiger partial charge in [0.1, 0.15) is 6.10 Å². The van der Waals surface area contributed by atoms with Gasteiger partial charge in [-0.2, -0.15) is 0 Å². The van der Waals surface area contributed by atoms with Gasteiger partial charge in [0, 0.05) is 27.7 Å². The highest BCUT2D eigenvalue weighted by Crippen LogP contribution is 2.31. The lowest BCUT2D eigenvalue weighted by Crippen LogP contribution is -2.56. The maximum Gasteiger partial charge on any atom is 0.305 e. The molecule has 1 heterocycles. The number of hydrogen-bond donors (Lipinski definition) is 0. The molecule has 1 fully saturated rings. The molecule has 130 valence electrons. The van der Waals surface area contributed by atoms with Crippen molar-refractivity contribution in [3.05, 3.63) is 0 Å². The Labute approximate surface area is 133 Å². The van der Waals surface area contributed by atoms with Crippen LogP contribution in [-0.2, 0) is 42.9 Å². The number of hydrogen-bond acceptors (Lipinski definition) is 9. The molecule has 0 bridgehead atoms. The van der Waals surface area contributed by atoms with Crippen LogP contribution >= 0.6 is 0 Å². The number of ether oxygens (including phenoxy) is 5. The number of rotatable bonds is 5. The first-order valence-corrected chi connectivity index (χ1v) is 6.95. The van der Waals surface area contributed by atoms with Gasteiger partial charge in [-0.05, 0) is 0 Å². The minimum absolute atomic E-state index is 0.141. The van der Waals surface area contributed by atoms with Crippen molar-refractivity contribution in [2.75, 3.05) is 13.2 Å². The Morgan fingerprint density at radius 3 is 1.96 bits per heavy atom. The summed E-state index contributed by atoms with van der Waals surface area (Å²) in [6.45, 7) is 4.20. The lowest BCUT2D eigenvalue weighted by Gasteiger charge is -2.41. The van der Waals surface area contributed by atoms with Crippen LogP contribution in [0.3, 0.4) is 0 Å². The summed E-state index contributed by atoms with van der Waals surface area (Å²) in [4.78, 5) is 44.7. The van der Waals surface area contributed by atoms with Crippen LogP contribution < -0.4 is 0 Å². The van der Waals surface area contributed by atoms with Gasteiger partial charge in [0.05, 0.1) is 13.0 Å². The molecule has 0 spiro atoms. The zero-order valence-corrected chi connectivity index (χ0v) is 13.5. The monoisotopic (exact) mass is 332 g/mol. The minimum Gasteiger partial charge on any atom is -0.459 e. The summed E-state index contributed by atoms with van der Waals surface area (Å²) in [7, 11) is 0. The topological polar surface area (TPSA) is 114 Å². The van der Waals surface area contributed by atoms with Gasteiger partial charge in [0.15, 0.2) is 12.7 Å². The zero-order chi connectivity index (χ0) is 17.6. The van der Waals surface area contributed by atoms with Crippen molar-refractivity contribution in [3.8, 4) is 0 Å². The molecule has 1 saturated heterocycles. The van der Waals surface area contributed by atoms with Gasteiger partial charge in [0.25, 0.3) is 5.79 Å². The molecule has 9 nitrogen and oxygen atoms in total. The van der Waals surface area contributed by atoms with Crippen LogP contribution in [0.25, 0.3) is 0 Å². The summed E-state index contributed by atoms with van der Waals surface area (Å²) >= 11 is 0. The summed E-state index contributed by atoms with van der Waals surface area (Å²) in [6, 6.07) is 0.